The molecule has 0 spiro atoms. The van der Waals surface area contributed by atoms with Gasteiger partial charge in [-0.25, -0.2) is 0 Å². The minimum Gasteiger partial charge on any atom is -0.511 e. The van der Waals surface area contributed by atoms with E-state index in [1.54, 1.807) is 25.1 Å². The molecule has 3 atom stereocenters. The first kappa shape index (κ1) is 33.0. The number of aromatic hydroxyl groups is 1. The number of ketones is 5. The summed E-state index contributed by atoms with van der Waals surface area (Å²) in [6.07, 6.45) is -0.388. The second-order valence-corrected chi connectivity index (χ2v) is 14.2. The fraction of sp³-hybridized carbons (Fsp3) is 0.432. The number of phenols is 1. The number of aliphatic hydroxyl groups is 3. The Balaban J connectivity index is 1.63. The van der Waals surface area contributed by atoms with Crippen molar-refractivity contribution in [1.82, 2.24) is 0 Å². The van der Waals surface area contributed by atoms with Gasteiger partial charge in [0.2, 0.25) is 5.78 Å². The molecule has 3 aliphatic carbocycles. The molecule has 9 heteroatoms. The van der Waals surface area contributed by atoms with Crippen molar-refractivity contribution in [1.29, 1.82) is 0 Å². The number of Topliss-reactive ketones (excluding diaryl/α,β-unsaturated/α-hetero) is 5. The first-order chi connectivity index (χ1) is 21.3. The number of phenolic OH excluding ortho intramolecular Hbond substituents is 1. The van der Waals surface area contributed by atoms with E-state index in [2.05, 4.69) is 0 Å². The van der Waals surface area contributed by atoms with Crippen molar-refractivity contribution in [2.24, 2.45) is 10.8 Å². The van der Waals surface area contributed by atoms with E-state index in [4.69, 9.17) is 0 Å². The van der Waals surface area contributed by atoms with Gasteiger partial charge in [0.25, 0.3) is 0 Å². The Hall–Kier alpha value is -4.37. The van der Waals surface area contributed by atoms with Gasteiger partial charge in [0, 0.05) is 46.8 Å². The van der Waals surface area contributed by atoms with Gasteiger partial charge in [-0.2, -0.15) is 0 Å². The molecule has 0 saturated heterocycles. The zero-order chi connectivity index (χ0) is 34.3. The molecule has 242 valence electrons. The Kier molecular flexibility index (Phi) is 7.80. The summed E-state index contributed by atoms with van der Waals surface area (Å²) in [7, 11) is 0. The summed E-state index contributed by atoms with van der Waals surface area (Å²) in [4.78, 5) is 65.9. The summed E-state index contributed by atoms with van der Waals surface area (Å²) in [5, 5.41) is 45.9. The van der Waals surface area contributed by atoms with Crippen LogP contribution in [-0.4, -0.2) is 54.9 Å². The number of hydrogen-bond acceptors (Lipinski definition) is 9. The zero-order valence-corrected chi connectivity index (χ0v) is 27.3. The predicted molar refractivity (Wildman–Crippen MR) is 169 cm³/mol. The maximum absolute atomic E-state index is 14.4. The van der Waals surface area contributed by atoms with Crippen molar-refractivity contribution in [3.63, 3.8) is 0 Å². The van der Waals surface area contributed by atoms with Crippen molar-refractivity contribution in [2.45, 2.75) is 92.1 Å². The van der Waals surface area contributed by atoms with E-state index in [1.165, 1.54) is 13.8 Å². The van der Waals surface area contributed by atoms with Crippen molar-refractivity contribution in [3.05, 3.63) is 85.9 Å². The van der Waals surface area contributed by atoms with Crippen LogP contribution in [0.1, 0.15) is 109 Å². The molecule has 0 saturated carbocycles. The van der Waals surface area contributed by atoms with Gasteiger partial charge >= 0.3 is 0 Å². The quantitative estimate of drug-likeness (QED) is 0.230. The van der Waals surface area contributed by atoms with Gasteiger partial charge in [-0.3, -0.25) is 24.0 Å². The monoisotopic (exact) mass is 628 g/mol. The summed E-state index contributed by atoms with van der Waals surface area (Å²) in [5.74, 6) is -5.10. The van der Waals surface area contributed by atoms with Crippen LogP contribution in [0.25, 0.3) is 0 Å². The molecule has 0 amide bonds. The standard InChI is InChI=1S/C37H40O9/c1-17(2)24-13-22(12-23(40)11-21-9-8-18(3)10-25(21)19(4)38)31(42)29-26(24)14-35(6)16-36(7)15-27(41)28(20(5)39)33(44)37(36,46)34(45)30(35)32(29)43/h8-10,13,17,41-42,45-46H,11-12,14-16H2,1-7H3/t35-,36+,37+/m1/s1. The fourth-order valence-electron chi connectivity index (χ4n) is 8.12. The second-order valence-electron chi connectivity index (χ2n) is 14.2. The molecule has 0 fully saturated rings. The SMILES string of the molecule is CC(=O)C1=C(O)C[C@@]2(C)C[C@@]3(C)Cc4c(C(C)C)cc(CC(=O)Cc5ccc(C)cc5C(C)=O)c(O)c4C(=O)C3=C(O)[C@@]2(O)C1=O. The molecule has 0 unspecified atom stereocenters. The lowest BCUT2D eigenvalue weighted by atomic mass is 9.48. The topological polar surface area (TPSA) is 166 Å². The Morgan fingerprint density at radius 1 is 0.913 bits per heavy atom. The highest BCUT2D eigenvalue weighted by molar-refractivity contribution is 6.25. The van der Waals surface area contributed by atoms with Crippen LogP contribution in [0.3, 0.4) is 0 Å². The number of rotatable bonds is 7. The molecule has 9 nitrogen and oxygen atoms in total. The van der Waals surface area contributed by atoms with Gasteiger partial charge in [-0.05, 0) is 62.3 Å². The first-order valence-electron chi connectivity index (χ1n) is 15.5. The van der Waals surface area contributed by atoms with Gasteiger partial charge in [0.05, 0.1) is 5.56 Å². The van der Waals surface area contributed by atoms with Crippen molar-refractivity contribution in [3.8, 4) is 5.75 Å². The molecule has 2 aromatic rings. The second kappa shape index (κ2) is 10.9. The Bertz CT molecular complexity index is 1840. The Morgan fingerprint density at radius 3 is 2.13 bits per heavy atom. The molecule has 3 aliphatic rings. The minimum atomic E-state index is -2.66. The highest BCUT2D eigenvalue weighted by atomic mass is 16.3. The van der Waals surface area contributed by atoms with Crippen LogP contribution in [0.15, 0.2) is 46.9 Å². The zero-order valence-electron chi connectivity index (χ0n) is 27.3. The number of fused-ring (bicyclic) bond motifs is 3. The fourth-order valence-corrected chi connectivity index (χ4v) is 8.12. The maximum Gasteiger partial charge on any atom is 0.209 e. The number of carbonyl (C=O) groups is 5. The molecule has 0 radical (unpaired) electrons. The van der Waals surface area contributed by atoms with Crippen LogP contribution in [0.4, 0.5) is 0 Å². The third kappa shape index (κ3) is 4.75. The molecule has 4 N–H and O–H groups in total. The van der Waals surface area contributed by atoms with Gasteiger partial charge in [-0.1, -0.05) is 51.5 Å². The Labute approximate surface area is 267 Å². The van der Waals surface area contributed by atoms with Crippen LogP contribution in [0.2, 0.25) is 0 Å². The number of allylic oxidation sites excluding steroid dienone is 2. The summed E-state index contributed by atoms with van der Waals surface area (Å²) >= 11 is 0. The van der Waals surface area contributed by atoms with Crippen molar-refractivity contribution in [2.75, 3.05) is 0 Å². The average Bonchev–Trinajstić information content (AvgIpc) is 2.92. The number of benzene rings is 2. The summed E-state index contributed by atoms with van der Waals surface area (Å²) in [5.41, 5.74) is -2.80. The van der Waals surface area contributed by atoms with Gasteiger partial charge in [0.1, 0.15) is 28.6 Å². The van der Waals surface area contributed by atoms with E-state index >= 15 is 0 Å². The number of carbonyl (C=O) groups excluding carboxylic acids is 5. The van der Waals surface area contributed by atoms with E-state index in [0.29, 0.717) is 16.7 Å². The van der Waals surface area contributed by atoms with Crippen molar-refractivity contribution >= 4 is 28.9 Å². The highest BCUT2D eigenvalue weighted by Crippen LogP contribution is 2.62. The molecule has 2 aromatic carbocycles. The van der Waals surface area contributed by atoms with Gasteiger partial charge in [0.15, 0.2) is 23.0 Å². The smallest absolute Gasteiger partial charge is 0.209 e. The van der Waals surface area contributed by atoms with E-state index in [0.717, 1.165) is 18.1 Å². The molecule has 0 bridgehead atoms. The largest absolute Gasteiger partial charge is 0.511 e. The average molecular weight is 629 g/mol. The highest BCUT2D eigenvalue weighted by Gasteiger charge is 2.67. The molecule has 0 aromatic heterocycles. The van der Waals surface area contributed by atoms with E-state index in [1.807, 2.05) is 26.8 Å². The molecular formula is C37H40O9. The predicted octanol–water partition coefficient (Wildman–Crippen LogP) is 5.45. The summed E-state index contributed by atoms with van der Waals surface area (Å²) in [6.45, 7) is 11.5. The number of hydrogen-bond donors (Lipinski definition) is 4. The first-order valence-corrected chi connectivity index (χ1v) is 15.5. The van der Waals surface area contributed by atoms with Crippen LogP contribution in [0, 0.1) is 17.8 Å². The molecule has 0 heterocycles. The van der Waals surface area contributed by atoms with Gasteiger partial charge in [-0.15, -0.1) is 0 Å². The van der Waals surface area contributed by atoms with E-state index in [-0.39, 0.29) is 66.3 Å². The summed E-state index contributed by atoms with van der Waals surface area (Å²) in [6, 6.07) is 7.00. The lowest BCUT2D eigenvalue weighted by molar-refractivity contribution is -0.159. The van der Waals surface area contributed by atoms with Crippen molar-refractivity contribution < 1.29 is 44.4 Å². The normalized spacial score (nSPS) is 25.8. The van der Waals surface area contributed by atoms with Crippen LogP contribution >= 0.6 is 0 Å². The molecule has 0 aliphatic heterocycles. The lowest BCUT2D eigenvalue weighted by Crippen LogP contribution is -2.63. The van der Waals surface area contributed by atoms with Crippen LogP contribution < -0.4 is 0 Å². The van der Waals surface area contributed by atoms with E-state index in [9.17, 15) is 44.4 Å². The third-order valence-corrected chi connectivity index (χ3v) is 10.2. The third-order valence-electron chi connectivity index (χ3n) is 10.2. The lowest BCUT2D eigenvalue weighted by Gasteiger charge is -2.56. The number of aryl methyl sites for hydroxylation is 1. The van der Waals surface area contributed by atoms with Crippen LogP contribution in [-0.2, 0) is 33.6 Å². The van der Waals surface area contributed by atoms with Gasteiger partial charge < -0.3 is 20.4 Å². The molecule has 5 rings (SSSR count). The minimum absolute atomic E-state index is 0.00955. The molecule has 46 heavy (non-hydrogen) atoms. The maximum atomic E-state index is 14.4. The summed E-state index contributed by atoms with van der Waals surface area (Å²) < 4.78 is 0. The van der Waals surface area contributed by atoms with E-state index < -0.39 is 56.6 Å². The van der Waals surface area contributed by atoms with Crippen LogP contribution in [0.5, 0.6) is 5.75 Å². The molecular weight excluding hydrogens is 588 g/mol. The number of aliphatic hydroxyl groups excluding tert-OH is 2. The Morgan fingerprint density at radius 2 is 1.54 bits per heavy atom.